The summed E-state index contributed by atoms with van der Waals surface area (Å²) in [6.45, 7) is 2.04. The van der Waals surface area contributed by atoms with Crippen LogP contribution < -0.4 is 10.5 Å². The molecule has 20 heavy (non-hydrogen) atoms. The molecule has 0 radical (unpaired) electrons. The first kappa shape index (κ1) is 15.4. The van der Waals surface area contributed by atoms with E-state index in [0.29, 0.717) is 0 Å². The molecule has 106 valence electrons. The highest BCUT2D eigenvalue weighted by Gasteiger charge is 2.19. The molecule has 2 nitrogen and oxygen atoms in total. The Morgan fingerprint density at radius 1 is 1.15 bits per heavy atom. The Morgan fingerprint density at radius 2 is 1.90 bits per heavy atom. The number of hydrogen-bond donors (Lipinski definition) is 1. The monoisotopic (exact) mass is 351 g/mol. The average molecular weight is 352 g/mol. The lowest BCUT2D eigenvalue weighted by Gasteiger charge is -2.22. The van der Waals surface area contributed by atoms with Gasteiger partial charge in [0, 0.05) is 20.7 Å². The molecule has 0 bridgehead atoms. The second-order valence-electron chi connectivity index (χ2n) is 4.60. The van der Waals surface area contributed by atoms with E-state index >= 15 is 0 Å². The lowest BCUT2D eigenvalue weighted by Crippen LogP contribution is -2.22. The second-order valence-corrected chi connectivity index (χ2v) is 6.70. The Labute approximate surface area is 132 Å². The third-order valence-electron chi connectivity index (χ3n) is 2.98. The second kappa shape index (κ2) is 7.16. The van der Waals surface area contributed by atoms with Gasteiger partial charge >= 0.3 is 0 Å². The normalized spacial score (nSPS) is 13.8. The van der Waals surface area contributed by atoms with Gasteiger partial charge < -0.3 is 10.5 Å². The molecule has 4 heteroatoms. The van der Waals surface area contributed by atoms with Crippen molar-refractivity contribution < 1.29 is 4.74 Å². The van der Waals surface area contributed by atoms with Crippen LogP contribution in [0.3, 0.4) is 0 Å². The number of methoxy groups -OCH3 is 1. The van der Waals surface area contributed by atoms with Crippen LogP contribution in [0.25, 0.3) is 0 Å². The Morgan fingerprint density at radius 3 is 2.55 bits per heavy atom. The third-order valence-corrected chi connectivity index (χ3v) is 5.02. The Bertz CT molecular complexity index is 574. The maximum Gasteiger partial charge on any atom is 0.132 e. The van der Waals surface area contributed by atoms with Gasteiger partial charge in [-0.3, -0.25) is 0 Å². The van der Waals surface area contributed by atoms with Crippen molar-refractivity contribution >= 4 is 27.7 Å². The van der Waals surface area contributed by atoms with Crippen LogP contribution in [0.5, 0.6) is 5.75 Å². The predicted molar refractivity (Wildman–Crippen MR) is 89.4 cm³/mol. The molecule has 0 fully saturated rings. The number of nitrogens with two attached hydrogens (primary N) is 1. The van der Waals surface area contributed by atoms with Gasteiger partial charge in [-0.1, -0.05) is 40.2 Å². The average Bonchev–Trinajstić information content (AvgIpc) is 2.44. The highest BCUT2D eigenvalue weighted by atomic mass is 79.9. The summed E-state index contributed by atoms with van der Waals surface area (Å²) in [6.07, 6.45) is 0. The Balaban J connectivity index is 2.31. The van der Waals surface area contributed by atoms with E-state index < -0.39 is 0 Å². The lowest BCUT2D eigenvalue weighted by molar-refractivity contribution is 0.404. The zero-order valence-electron chi connectivity index (χ0n) is 11.5. The first-order valence-electron chi connectivity index (χ1n) is 6.42. The van der Waals surface area contributed by atoms with Gasteiger partial charge in [0.1, 0.15) is 5.75 Å². The minimum absolute atomic E-state index is 0.0409. The summed E-state index contributed by atoms with van der Waals surface area (Å²) >= 11 is 5.26. The van der Waals surface area contributed by atoms with Crippen molar-refractivity contribution in [2.75, 3.05) is 7.11 Å². The van der Waals surface area contributed by atoms with Gasteiger partial charge in [-0.2, -0.15) is 0 Å². The maximum atomic E-state index is 6.18. The molecule has 0 heterocycles. The van der Waals surface area contributed by atoms with Crippen molar-refractivity contribution in [2.45, 2.75) is 23.1 Å². The zero-order chi connectivity index (χ0) is 14.5. The molecule has 0 saturated heterocycles. The molecule has 2 N–H and O–H groups in total. The summed E-state index contributed by atoms with van der Waals surface area (Å²) in [5.74, 6) is 0.887. The van der Waals surface area contributed by atoms with Crippen molar-refractivity contribution in [3.8, 4) is 5.75 Å². The molecule has 0 aromatic heterocycles. The van der Waals surface area contributed by atoms with Gasteiger partial charge in [-0.25, -0.2) is 0 Å². The van der Waals surface area contributed by atoms with E-state index in [1.807, 2.05) is 37.3 Å². The molecule has 0 amide bonds. The number of thioether (sulfide) groups is 1. The van der Waals surface area contributed by atoms with Crippen molar-refractivity contribution in [3.05, 3.63) is 58.6 Å². The van der Waals surface area contributed by atoms with Crippen LogP contribution >= 0.6 is 27.7 Å². The minimum Gasteiger partial charge on any atom is -0.496 e. The maximum absolute atomic E-state index is 6.18. The molecule has 2 aromatic carbocycles. The number of ether oxygens (including phenoxy) is 1. The smallest absolute Gasteiger partial charge is 0.132 e. The Kier molecular flexibility index (Phi) is 5.52. The summed E-state index contributed by atoms with van der Waals surface area (Å²) in [5, 5.41) is 0.184. The van der Waals surface area contributed by atoms with E-state index in [4.69, 9.17) is 10.5 Å². The summed E-state index contributed by atoms with van der Waals surface area (Å²) in [4.78, 5) is 1.11. The fourth-order valence-electron chi connectivity index (χ4n) is 2.02. The summed E-state index contributed by atoms with van der Waals surface area (Å²) in [5.41, 5.74) is 7.39. The summed E-state index contributed by atoms with van der Waals surface area (Å²) < 4.78 is 6.49. The van der Waals surface area contributed by atoms with Gasteiger partial charge in [0.05, 0.1) is 7.11 Å². The van der Waals surface area contributed by atoms with Crippen LogP contribution in [-0.4, -0.2) is 13.2 Å². The van der Waals surface area contributed by atoms with Gasteiger partial charge in [-0.15, -0.1) is 11.8 Å². The third kappa shape index (κ3) is 3.78. The molecule has 0 aliphatic heterocycles. The SMILES string of the molecule is COc1ccccc1SC(c1cccc(Br)c1)C(C)N. The van der Waals surface area contributed by atoms with Gasteiger partial charge in [-0.05, 0) is 36.8 Å². The zero-order valence-corrected chi connectivity index (χ0v) is 13.9. The molecule has 2 unspecified atom stereocenters. The number of benzene rings is 2. The first-order chi connectivity index (χ1) is 9.61. The molecule has 2 rings (SSSR count). The fraction of sp³-hybridized carbons (Fsp3) is 0.250. The molecule has 2 atom stereocenters. The van der Waals surface area contributed by atoms with E-state index in [0.717, 1.165) is 15.1 Å². The highest BCUT2D eigenvalue weighted by molar-refractivity contribution is 9.10. The number of rotatable bonds is 5. The summed E-state index contributed by atoms with van der Waals surface area (Å²) in [6, 6.07) is 16.4. The standard InChI is InChI=1S/C16H18BrNOS/c1-11(18)16(12-6-5-7-13(17)10-12)20-15-9-4-3-8-14(15)19-2/h3-11,16H,18H2,1-2H3. The molecule has 0 spiro atoms. The van der Waals surface area contributed by atoms with Crippen LogP contribution in [0.4, 0.5) is 0 Å². The van der Waals surface area contributed by atoms with Gasteiger partial charge in [0.15, 0.2) is 0 Å². The summed E-state index contributed by atoms with van der Waals surface area (Å²) in [7, 11) is 1.69. The van der Waals surface area contributed by atoms with Crippen LogP contribution in [0.1, 0.15) is 17.7 Å². The van der Waals surface area contributed by atoms with E-state index in [9.17, 15) is 0 Å². The quantitative estimate of drug-likeness (QED) is 0.797. The largest absolute Gasteiger partial charge is 0.496 e. The predicted octanol–water partition coefficient (Wildman–Crippen LogP) is 4.64. The first-order valence-corrected chi connectivity index (χ1v) is 8.10. The van der Waals surface area contributed by atoms with Crippen molar-refractivity contribution in [3.63, 3.8) is 0 Å². The topological polar surface area (TPSA) is 35.2 Å². The van der Waals surface area contributed by atoms with Crippen LogP contribution in [0.2, 0.25) is 0 Å². The van der Waals surface area contributed by atoms with Crippen LogP contribution in [-0.2, 0) is 0 Å². The fourth-order valence-corrected chi connectivity index (χ4v) is 3.63. The molecule has 0 aliphatic carbocycles. The number of halogens is 1. The molecular weight excluding hydrogens is 334 g/mol. The molecule has 0 aliphatic rings. The van der Waals surface area contributed by atoms with E-state index in [2.05, 4.69) is 34.1 Å². The van der Waals surface area contributed by atoms with Crippen LogP contribution in [0, 0.1) is 0 Å². The molecular formula is C16H18BrNOS. The van der Waals surface area contributed by atoms with Crippen molar-refractivity contribution in [1.29, 1.82) is 0 Å². The van der Waals surface area contributed by atoms with E-state index in [1.165, 1.54) is 5.56 Å². The highest BCUT2D eigenvalue weighted by Crippen LogP contribution is 2.41. The lowest BCUT2D eigenvalue weighted by atomic mass is 10.1. The van der Waals surface area contributed by atoms with E-state index in [1.54, 1.807) is 18.9 Å². The van der Waals surface area contributed by atoms with Crippen molar-refractivity contribution in [2.24, 2.45) is 5.73 Å². The molecule has 2 aromatic rings. The van der Waals surface area contributed by atoms with Crippen molar-refractivity contribution in [1.82, 2.24) is 0 Å². The van der Waals surface area contributed by atoms with Gasteiger partial charge in [0.25, 0.3) is 0 Å². The van der Waals surface area contributed by atoms with Crippen LogP contribution in [0.15, 0.2) is 57.9 Å². The Hall–Kier alpha value is -0.970. The van der Waals surface area contributed by atoms with E-state index in [-0.39, 0.29) is 11.3 Å². The number of para-hydroxylation sites is 1. The minimum atomic E-state index is 0.0409. The number of hydrogen-bond acceptors (Lipinski definition) is 3. The molecule has 0 saturated carbocycles. The van der Waals surface area contributed by atoms with Gasteiger partial charge in [0.2, 0.25) is 0 Å².